The smallest absolute Gasteiger partial charge is 0.143 e. The van der Waals surface area contributed by atoms with Gasteiger partial charge in [-0.05, 0) is 71.3 Å². The fourth-order valence-corrected chi connectivity index (χ4v) is 7.51. The van der Waals surface area contributed by atoms with Gasteiger partial charge in [0.15, 0.2) is 0 Å². The number of ether oxygens (including phenoxy) is 2. The lowest BCUT2D eigenvalue weighted by atomic mass is 9.95. The quantitative estimate of drug-likeness (QED) is 0.189. The highest BCUT2D eigenvalue weighted by Crippen LogP contribution is 2.50. The van der Waals surface area contributed by atoms with Crippen molar-refractivity contribution in [3.05, 3.63) is 188 Å². The van der Waals surface area contributed by atoms with Crippen molar-refractivity contribution in [2.45, 2.75) is 0 Å². The molecule has 0 atom stereocenters. The Morgan fingerprint density at radius 3 is 1.69 bits per heavy atom. The number of nitrogens with zero attached hydrogens (tertiary/aromatic N) is 1. The Balaban J connectivity index is 1.20. The zero-order valence-corrected chi connectivity index (χ0v) is 27.7. The Kier molecular flexibility index (Phi) is 6.81. The lowest BCUT2D eigenvalue weighted by molar-refractivity contribution is 0.473. The van der Waals surface area contributed by atoms with Crippen molar-refractivity contribution in [1.29, 1.82) is 0 Å². The molecule has 0 unspecified atom stereocenters. The Hall–Kier alpha value is -6.84. The van der Waals surface area contributed by atoms with E-state index in [0.717, 1.165) is 73.2 Å². The molecule has 10 rings (SSSR count). The molecule has 0 saturated carbocycles. The van der Waals surface area contributed by atoms with Crippen LogP contribution < -0.4 is 9.47 Å². The first kappa shape index (κ1) is 29.1. The van der Waals surface area contributed by atoms with Gasteiger partial charge in [-0.3, -0.25) is 0 Å². The van der Waals surface area contributed by atoms with Gasteiger partial charge in [-0.15, -0.1) is 0 Å². The average Bonchev–Trinajstić information content (AvgIpc) is 3.53. The molecule has 0 spiro atoms. The van der Waals surface area contributed by atoms with Crippen LogP contribution in [0.5, 0.6) is 23.0 Å². The largest absolute Gasteiger partial charge is 0.456 e. The van der Waals surface area contributed by atoms with Gasteiger partial charge in [0.25, 0.3) is 0 Å². The summed E-state index contributed by atoms with van der Waals surface area (Å²) in [6.07, 6.45) is 0. The fourth-order valence-electron chi connectivity index (χ4n) is 7.51. The van der Waals surface area contributed by atoms with Crippen LogP contribution in [0.25, 0.3) is 72.0 Å². The predicted molar refractivity (Wildman–Crippen MR) is 209 cm³/mol. The fraction of sp³-hybridized carbons (Fsp3) is 0. The van der Waals surface area contributed by atoms with Crippen LogP contribution in [-0.4, -0.2) is 4.57 Å². The molecular formula is C48H31NO2. The summed E-state index contributed by atoms with van der Waals surface area (Å²) in [5.41, 5.74) is 11.7. The second-order valence-electron chi connectivity index (χ2n) is 12.9. The molecule has 51 heavy (non-hydrogen) atoms. The van der Waals surface area contributed by atoms with Crippen molar-refractivity contribution >= 4 is 21.8 Å². The maximum atomic E-state index is 7.24. The minimum atomic E-state index is 0.763. The summed E-state index contributed by atoms with van der Waals surface area (Å²) in [5.74, 6) is 3.11. The molecule has 3 nitrogen and oxygen atoms in total. The molecule has 0 radical (unpaired) electrons. The van der Waals surface area contributed by atoms with Crippen LogP contribution in [0.1, 0.15) is 0 Å². The molecule has 9 aromatic rings. The number of fused-ring (bicyclic) bond motifs is 9. The highest BCUT2D eigenvalue weighted by atomic mass is 16.5. The van der Waals surface area contributed by atoms with Crippen LogP contribution in [0.2, 0.25) is 0 Å². The van der Waals surface area contributed by atoms with Crippen molar-refractivity contribution in [3.8, 4) is 73.2 Å². The molecule has 0 saturated heterocycles. The third kappa shape index (κ3) is 4.90. The maximum absolute atomic E-state index is 7.24. The van der Waals surface area contributed by atoms with Crippen LogP contribution in [0.3, 0.4) is 0 Å². The number of benzene rings is 8. The number of hydrogen-bond donors (Lipinski definition) is 0. The van der Waals surface area contributed by atoms with E-state index >= 15 is 0 Å². The molecule has 240 valence electrons. The van der Waals surface area contributed by atoms with Crippen LogP contribution >= 0.6 is 0 Å². The normalized spacial score (nSPS) is 11.8. The Morgan fingerprint density at radius 2 is 0.882 bits per heavy atom. The van der Waals surface area contributed by atoms with Crippen LogP contribution in [0, 0.1) is 0 Å². The Bertz CT molecular complexity index is 2740. The van der Waals surface area contributed by atoms with E-state index in [1.807, 2.05) is 30.3 Å². The van der Waals surface area contributed by atoms with E-state index in [2.05, 4.69) is 162 Å². The first-order valence-electron chi connectivity index (χ1n) is 17.3. The van der Waals surface area contributed by atoms with E-state index in [9.17, 15) is 0 Å². The highest BCUT2D eigenvalue weighted by Gasteiger charge is 2.23. The summed E-state index contributed by atoms with van der Waals surface area (Å²) >= 11 is 0. The summed E-state index contributed by atoms with van der Waals surface area (Å²) in [6, 6.07) is 65.8. The number of para-hydroxylation sites is 5. The molecule has 0 fully saturated rings. The second-order valence-corrected chi connectivity index (χ2v) is 12.9. The van der Waals surface area contributed by atoms with Gasteiger partial charge < -0.3 is 14.0 Å². The molecule has 1 aliphatic heterocycles. The zero-order chi connectivity index (χ0) is 33.7. The van der Waals surface area contributed by atoms with Gasteiger partial charge in [0.1, 0.15) is 23.0 Å². The minimum absolute atomic E-state index is 0.763. The summed E-state index contributed by atoms with van der Waals surface area (Å²) in [5, 5.41) is 2.43. The molecule has 2 heterocycles. The molecule has 0 amide bonds. The van der Waals surface area contributed by atoms with Crippen molar-refractivity contribution in [1.82, 2.24) is 4.57 Å². The highest BCUT2D eigenvalue weighted by molar-refractivity contribution is 6.10. The molecule has 0 bridgehead atoms. The molecule has 3 heteroatoms. The molecule has 0 aliphatic carbocycles. The SMILES string of the molecule is c1ccc(-c2cccc3c2Oc2cc(-c4ccc5c(c4)c4ccccc4n5-c4ccccc4)ccc2-c2ccccc2Oc2ccccc2-3)cc1. The lowest BCUT2D eigenvalue weighted by Gasteiger charge is -2.23. The summed E-state index contributed by atoms with van der Waals surface area (Å²) in [4.78, 5) is 0. The molecular weight excluding hydrogens is 623 g/mol. The van der Waals surface area contributed by atoms with Gasteiger partial charge in [0.2, 0.25) is 0 Å². The van der Waals surface area contributed by atoms with Crippen LogP contribution in [0.15, 0.2) is 188 Å². The summed E-state index contributed by atoms with van der Waals surface area (Å²) in [7, 11) is 0. The van der Waals surface area contributed by atoms with Gasteiger partial charge >= 0.3 is 0 Å². The van der Waals surface area contributed by atoms with E-state index in [0.29, 0.717) is 0 Å². The van der Waals surface area contributed by atoms with Crippen LogP contribution in [-0.2, 0) is 0 Å². The number of aromatic nitrogens is 1. The minimum Gasteiger partial charge on any atom is -0.456 e. The van der Waals surface area contributed by atoms with E-state index in [1.54, 1.807) is 0 Å². The zero-order valence-electron chi connectivity index (χ0n) is 27.7. The lowest BCUT2D eigenvalue weighted by Crippen LogP contribution is -1.99. The first-order valence-corrected chi connectivity index (χ1v) is 17.3. The maximum Gasteiger partial charge on any atom is 0.143 e. The number of hydrogen-bond acceptors (Lipinski definition) is 2. The molecule has 1 aliphatic rings. The van der Waals surface area contributed by atoms with E-state index in [1.165, 1.54) is 21.8 Å². The van der Waals surface area contributed by atoms with E-state index in [4.69, 9.17) is 9.47 Å². The number of rotatable bonds is 3. The second kappa shape index (κ2) is 11.9. The molecule has 8 aromatic carbocycles. The summed E-state index contributed by atoms with van der Waals surface area (Å²) in [6.45, 7) is 0. The monoisotopic (exact) mass is 653 g/mol. The Labute approximate surface area is 296 Å². The van der Waals surface area contributed by atoms with Gasteiger partial charge in [-0.2, -0.15) is 0 Å². The molecule has 1 aromatic heterocycles. The standard InChI is InChI=1S/C48H31NO2/c1-3-14-32(15-4-1)36-21-13-22-41-39-20-9-12-25-46(39)50-45-24-11-8-19-38(45)40-28-26-34(31-47(40)51-48(36)41)33-27-29-44-42(30-33)37-18-7-10-23-43(37)49(44)35-16-5-2-6-17-35/h1-31H. The van der Waals surface area contributed by atoms with Gasteiger partial charge in [-0.25, -0.2) is 0 Å². The van der Waals surface area contributed by atoms with Gasteiger partial charge in [-0.1, -0.05) is 133 Å². The topological polar surface area (TPSA) is 23.4 Å². The van der Waals surface area contributed by atoms with E-state index < -0.39 is 0 Å². The van der Waals surface area contributed by atoms with Crippen molar-refractivity contribution < 1.29 is 9.47 Å². The molecule has 0 N–H and O–H groups in total. The third-order valence-corrected chi connectivity index (χ3v) is 9.89. The van der Waals surface area contributed by atoms with E-state index in [-0.39, 0.29) is 0 Å². The van der Waals surface area contributed by atoms with Gasteiger partial charge in [0.05, 0.1) is 11.0 Å². The van der Waals surface area contributed by atoms with Crippen molar-refractivity contribution in [2.75, 3.05) is 0 Å². The Morgan fingerprint density at radius 1 is 0.314 bits per heavy atom. The van der Waals surface area contributed by atoms with Crippen LogP contribution in [0.4, 0.5) is 0 Å². The van der Waals surface area contributed by atoms with Gasteiger partial charge in [0, 0.05) is 44.3 Å². The average molecular weight is 654 g/mol. The third-order valence-electron chi connectivity index (χ3n) is 9.89. The van der Waals surface area contributed by atoms with Crippen molar-refractivity contribution in [3.63, 3.8) is 0 Å². The first-order chi connectivity index (χ1) is 25.3. The predicted octanol–water partition coefficient (Wildman–Crippen LogP) is 13.3. The summed E-state index contributed by atoms with van der Waals surface area (Å²) < 4.78 is 16.4. The van der Waals surface area contributed by atoms with Crippen molar-refractivity contribution in [2.24, 2.45) is 0 Å².